The maximum Gasteiger partial charge on any atom is 0.341 e. The molecule has 0 aliphatic rings. The smallest absolute Gasteiger partial charge is 0.341 e. The van der Waals surface area contributed by atoms with Crippen LogP contribution in [-0.4, -0.2) is 25.6 Å². The number of hydrogen-bond donors (Lipinski definition) is 1. The van der Waals surface area contributed by atoms with Crippen LogP contribution in [0.25, 0.3) is 17.2 Å². The Bertz CT molecular complexity index is 1550. The molecule has 206 valence electrons. The maximum atomic E-state index is 12.9. The molecule has 1 amide bonds. The minimum absolute atomic E-state index is 0.237. The third-order valence-corrected chi connectivity index (χ3v) is 7.33. The van der Waals surface area contributed by atoms with Crippen molar-refractivity contribution in [2.45, 2.75) is 34.3 Å². The molecule has 0 bridgehead atoms. The van der Waals surface area contributed by atoms with Gasteiger partial charge in [0.25, 0.3) is 0 Å². The van der Waals surface area contributed by atoms with Crippen LogP contribution < -0.4 is 14.8 Å². The topological polar surface area (TPSA) is 73.9 Å². The van der Waals surface area contributed by atoms with Gasteiger partial charge >= 0.3 is 5.97 Å². The number of ether oxygens (including phenoxy) is 3. The van der Waals surface area contributed by atoms with E-state index in [1.807, 2.05) is 80.7 Å². The SMILES string of the molecule is CCOC(=O)c1c(-c2ccc(C)cc2C)csc1NC(=O)/C=C/c1ccc(OCc2ccccc2C)c(OC)c1. The molecule has 1 N–H and O–H groups in total. The van der Waals surface area contributed by atoms with Crippen molar-refractivity contribution in [3.8, 4) is 22.6 Å². The quantitative estimate of drug-likeness (QED) is 0.160. The summed E-state index contributed by atoms with van der Waals surface area (Å²) in [6.07, 6.45) is 3.11. The number of thiophene rings is 1. The van der Waals surface area contributed by atoms with Gasteiger partial charge in [0.05, 0.1) is 13.7 Å². The van der Waals surface area contributed by atoms with Gasteiger partial charge in [-0.05, 0) is 73.7 Å². The van der Waals surface area contributed by atoms with Crippen LogP contribution in [0.1, 0.15) is 45.1 Å². The number of carbonyl (C=O) groups excluding carboxylic acids is 2. The summed E-state index contributed by atoms with van der Waals surface area (Å²) in [6, 6.07) is 19.6. The van der Waals surface area contributed by atoms with Crippen molar-refractivity contribution in [3.05, 3.63) is 106 Å². The molecule has 0 unspecified atom stereocenters. The van der Waals surface area contributed by atoms with Crippen molar-refractivity contribution in [3.63, 3.8) is 0 Å². The molecule has 0 aliphatic heterocycles. The van der Waals surface area contributed by atoms with Crippen LogP contribution in [0.15, 0.2) is 72.1 Å². The minimum atomic E-state index is -0.468. The van der Waals surface area contributed by atoms with E-state index in [1.165, 1.54) is 17.4 Å². The molecule has 0 fully saturated rings. The number of carbonyl (C=O) groups is 2. The Balaban J connectivity index is 1.50. The first-order valence-corrected chi connectivity index (χ1v) is 13.9. The summed E-state index contributed by atoms with van der Waals surface area (Å²) in [7, 11) is 1.58. The molecule has 0 saturated carbocycles. The van der Waals surface area contributed by atoms with E-state index in [1.54, 1.807) is 20.1 Å². The van der Waals surface area contributed by atoms with Crippen molar-refractivity contribution >= 4 is 34.3 Å². The Morgan fingerprint density at radius 2 is 1.73 bits per heavy atom. The molecule has 0 spiro atoms. The van der Waals surface area contributed by atoms with Gasteiger partial charge in [0.2, 0.25) is 5.91 Å². The molecule has 1 heterocycles. The average molecular weight is 556 g/mol. The van der Waals surface area contributed by atoms with Crippen molar-refractivity contribution in [1.82, 2.24) is 0 Å². The molecule has 0 aliphatic carbocycles. The third kappa shape index (κ3) is 6.79. The molecular weight excluding hydrogens is 522 g/mol. The fraction of sp³-hybridized carbons (Fsp3) is 0.212. The molecule has 0 saturated heterocycles. The second kappa shape index (κ2) is 13.1. The summed E-state index contributed by atoms with van der Waals surface area (Å²) in [6.45, 7) is 8.50. The summed E-state index contributed by atoms with van der Waals surface area (Å²) in [5.41, 5.74) is 7.23. The first kappa shape index (κ1) is 28.6. The molecule has 6 nitrogen and oxygen atoms in total. The van der Waals surface area contributed by atoms with E-state index in [0.29, 0.717) is 28.7 Å². The molecule has 0 atom stereocenters. The van der Waals surface area contributed by atoms with E-state index in [4.69, 9.17) is 14.2 Å². The first-order valence-electron chi connectivity index (χ1n) is 13.0. The fourth-order valence-corrected chi connectivity index (χ4v) is 5.28. The predicted molar refractivity (Wildman–Crippen MR) is 161 cm³/mol. The number of aryl methyl sites for hydroxylation is 3. The van der Waals surface area contributed by atoms with E-state index in [9.17, 15) is 9.59 Å². The standard InChI is InChI=1S/C33H33NO5S/c1-6-38-33(36)31-27(26-14-11-21(2)17-23(26)4)20-40-32(31)34-30(35)16-13-24-12-15-28(29(18-24)37-5)39-19-25-10-8-7-9-22(25)3/h7-18,20H,6,19H2,1-5H3,(H,34,35)/b16-13+. The highest BCUT2D eigenvalue weighted by atomic mass is 32.1. The van der Waals surface area contributed by atoms with Gasteiger partial charge in [0, 0.05) is 17.0 Å². The van der Waals surface area contributed by atoms with Crippen LogP contribution >= 0.6 is 11.3 Å². The number of nitrogens with one attached hydrogen (secondary N) is 1. The number of benzene rings is 3. The Hall–Kier alpha value is -4.36. The zero-order valence-corrected chi connectivity index (χ0v) is 24.2. The molecule has 0 radical (unpaired) electrons. The third-order valence-electron chi connectivity index (χ3n) is 6.44. The number of esters is 1. The zero-order valence-electron chi connectivity index (χ0n) is 23.4. The fourth-order valence-electron chi connectivity index (χ4n) is 4.33. The highest BCUT2D eigenvalue weighted by Crippen LogP contribution is 2.38. The Morgan fingerprint density at radius 3 is 2.45 bits per heavy atom. The molecule has 1 aromatic heterocycles. The van der Waals surface area contributed by atoms with Gasteiger partial charge in [-0.3, -0.25) is 4.79 Å². The molecule has 3 aromatic carbocycles. The van der Waals surface area contributed by atoms with E-state index < -0.39 is 5.97 Å². The highest BCUT2D eigenvalue weighted by molar-refractivity contribution is 7.15. The predicted octanol–water partition coefficient (Wildman–Crippen LogP) is 7.76. The average Bonchev–Trinajstić information content (AvgIpc) is 3.34. The second-order valence-electron chi connectivity index (χ2n) is 9.34. The minimum Gasteiger partial charge on any atom is -0.493 e. The van der Waals surface area contributed by atoms with Gasteiger partial charge in [0.15, 0.2) is 11.5 Å². The zero-order chi connectivity index (χ0) is 28.6. The van der Waals surface area contributed by atoms with Crippen molar-refractivity contribution < 1.29 is 23.8 Å². The molecule has 4 rings (SSSR count). The number of anilines is 1. The lowest BCUT2D eigenvalue weighted by atomic mass is 9.97. The molecule has 40 heavy (non-hydrogen) atoms. The van der Waals surface area contributed by atoms with Gasteiger partial charge in [0.1, 0.15) is 17.2 Å². The lowest BCUT2D eigenvalue weighted by Gasteiger charge is -2.12. The van der Waals surface area contributed by atoms with E-state index in [0.717, 1.165) is 38.9 Å². The number of amides is 1. The summed E-state index contributed by atoms with van der Waals surface area (Å²) in [5, 5.41) is 5.18. The molecular formula is C33H33NO5S. The number of rotatable bonds is 10. The molecule has 7 heteroatoms. The van der Waals surface area contributed by atoms with E-state index in [-0.39, 0.29) is 12.5 Å². The van der Waals surface area contributed by atoms with Crippen molar-refractivity contribution in [2.75, 3.05) is 19.0 Å². The van der Waals surface area contributed by atoms with E-state index in [2.05, 4.69) is 11.4 Å². The lowest BCUT2D eigenvalue weighted by molar-refractivity contribution is -0.111. The summed E-state index contributed by atoms with van der Waals surface area (Å²) in [4.78, 5) is 25.8. The van der Waals surface area contributed by atoms with Crippen LogP contribution in [0.5, 0.6) is 11.5 Å². The van der Waals surface area contributed by atoms with Crippen LogP contribution in [0.2, 0.25) is 0 Å². The monoisotopic (exact) mass is 555 g/mol. The van der Waals surface area contributed by atoms with Crippen molar-refractivity contribution in [2.24, 2.45) is 0 Å². The van der Waals surface area contributed by atoms with Crippen LogP contribution in [-0.2, 0) is 16.1 Å². The van der Waals surface area contributed by atoms with Crippen LogP contribution in [0.3, 0.4) is 0 Å². The maximum absolute atomic E-state index is 12.9. The van der Waals surface area contributed by atoms with Gasteiger partial charge in [-0.25, -0.2) is 4.79 Å². The Morgan fingerprint density at radius 1 is 0.925 bits per heavy atom. The summed E-state index contributed by atoms with van der Waals surface area (Å²) < 4.78 is 16.8. The highest BCUT2D eigenvalue weighted by Gasteiger charge is 2.23. The van der Waals surface area contributed by atoms with E-state index >= 15 is 0 Å². The lowest BCUT2D eigenvalue weighted by Crippen LogP contribution is -2.12. The van der Waals surface area contributed by atoms with Crippen molar-refractivity contribution in [1.29, 1.82) is 0 Å². The summed E-state index contributed by atoms with van der Waals surface area (Å²) in [5.74, 6) is 0.350. The van der Waals surface area contributed by atoms with Crippen LogP contribution in [0, 0.1) is 20.8 Å². The van der Waals surface area contributed by atoms with Gasteiger partial charge in [-0.1, -0.05) is 54.1 Å². The normalized spacial score (nSPS) is 10.9. The van der Waals surface area contributed by atoms with Gasteiger partial charge < -0.3 is 19.5 Å². The van der Waals surface area contributed by atoms with Gasteiger partial charge in [-0.2, -0.15) is 0 Å². The summed E-state index contributed by atoms with van der Waals surface area (Å²) >= 11 is 1.30. The molecule has 4 aromatic rings. The second-order valence-corrected chi connectivity index (χ2v) is 10.2. The number of methoxy groups -OCH3 is 1. The number of hydrogen-bond acceptors (Lipinski definition) is 6. The largest absolute Gasteiger partial charge is 0.493 e. The Labute approximate surface area is 239 Å². The van der Waals surface area contributed by atoms with Crippen LogP contribution in [0.4, 0.5) is 5.00 Å². The van der Waals surface area contributed by atoms with Gasteiger partial charge in [-0.15, -0.1) is 11.3 Å². The first-order chi connectivity index (χ1) is 19.3. The Kier molecular flexibility index (Phi) is 9.40.